The molecule has 7 heteroatoms. The summed E-state index contributed by atoms with van der Waals surface area (Å²) < 4.78 is 5.02. The maximum Gasteiger partial charge on any atom is 0.434 e. The lowest BCUT2D eigenvalue weighted by Crippen LogP contribution is -2.36. The SMILES string of the molecule is Cc1c(Cl)cc(-c2n[nH]c(=O)o2)cc1N[C@@H](C)C1CCNCC1. The Labute approximate surface area is 139 Å². The second kappa shape index (κ2) is 6.76. The number of hydrogen-bond donors (Lipinski definition) is 3. The summed E-state index contributed by atoms with van der Waals surface area (Å²) in [6.07, 6.45) is 2.32. The smallest absolute Gasteiger partial charge is 0.388 e. The van der Waals surface area contributed by atoms with Crippen LogP contribution >= 0.6 is 11.6 Å². The van der Waals surface area contributed by atoms with Gasteiger partial charge in [0, 0.05) is 22.3 Å². The van der Waals surface area contributed by atoms with E-state index in [0.29, 0.717) is 22.5 Å². The first-order valence-corrected chi connectivity index (χ1v) is 8.25. The van der Waals surface area contributed by atoms with Crippen LogP contribution in [0.4, 0.5) is 5.69 Å². The number of aromatic nitrogens is 2. The highest BCUT2D eigenvalue weighted by Crippen LogP contribution is 2.31. The van der Waals surface area contributed by atoms with Gasteiger partial charge in [-0.3, -0.25) is 0 Å². The lowest BCUT2D eigenvalue weighted by molar-refractivity contribution is 0.343. The maximum absolute atomic E-state index is 11.1. The van der Waals surface area contributed by atoms with Gasteiger partial charge < -0.3 is 15.1 Å². The summed E-state index contributed by atoms with van der Waals surface area (Å²) in [7, 11) is 0. The van der Waals surface area contributed by atoms with E-state index < -0.39 is 5.76 Å². The fraction of sp³-hybridized carbons (Fsp3) is 0.500. The highest BCUT2D eigenvalue weighted by Gasteiger charge is 2.21. The molecule has 0 saturated carbocycles. The Kier molecular flexibility index (Phi) is 4.73. The van der Waals surface area contributed by atoms with E-state index in [0.717, 1.165) is 37.2 Å². The number of nitrogens with one attached hydrogen (secondary N) is 3. The lowest BCUT2D eigenvalue weighted by atomic mass is 9.91. The molecule has 2 aromatic rings. The van der Waals surface area contributed by atoms with E-state index in [4.69, 9.17) is 16.0 Å². The Morgan fingerprint density at radius 1 is 1.39 bits per heavy atom. The van der Waals surface area contributed by atoms with Gasteiger partial charge in [0.1, 0.15) is 0 Å². The van der Waals surface area contributed by atoms with E-state index in [9.17, 15) is 4.79 Å². The summed E-state index contributed by atoms with van der Waals surface area (Å²) in [4.78, 5) is 11.1. The number of benzene rings is 1. The Balaban J connectivity index is 1.85. The number of anilines is 1. The Hall–Kier alpha value is -1.79. The molecule has 1 fully saturated rings. The highest BCUT2D eigenvalue weighted by atomic mass is 35.5. The summed E-state index contributed by atoms with van der Waals surface area (Å²) >= 11 is 6.34. The van der Waals surface area contributed by atoms with E-state index in [1.54, 1.807) is 6.07 Å². The molecular formula is C16H21ClN4O2. The monoisotopic (exact) mass is 336 g/mol. The normalized spacial score (nSPS) is 17.2. The number of aromatic amines is 1. The van der Waals surface area contributed by atoms with Crippen LogP contribution in [-0.2, 0) is 0 Å². The first-order valence-electron chi connectivity index (χ1n) is 7.88. The second-order valence-electron chi connectivity index (χ2n) is 6.07. The van der Waals surface area contributed by atoms with Gasteiger partial charge in [0.05, 0.1) is 0 Å². The molecule has 0 spiro atoms. The van der Waals surface area contributed by atoms with Crippen molar-refractivity contribution in [3.05, 3.63) is 33.3 Å². The fourth-order valence-corrected chi connectivity index (χ4v) is 3.23. The molecule has 1 aliphatic rings. The highest BCUT2D eigenvalue weighted by molar-refractivity contribution is 6.32. The zero-order valence-corrected chi connectivity index (χ0v) is 14.0. The van der Waals surface area contributed by atoms with Crippen LogP contribution in [0.15, 0.2) is 21.3 Å². The summed E-state index contributed by atoms with van der Waals surface area (Å²) in [5.41, 5.74) is 2.61. The van der Waals surface area contributed by atoms with E-state index >= 15 is 0 Å². The third-order valence-electron chi connectivity index (χ3n) is 4.50. The number of nitrogens with zero attached hydrogens (tertiary/aromatic N) is 1. The number of piperidine rings is 1. The molecule has 1 aliphatic heterocycles. The fourth-order valence-electron chi connectivity index (χ4n) is 3.01. The second-order valence-corrected chi connectivity index (χ2v) is 6.48. The molecule has 1 atom stereocenters. The molecule has 0 unspecified atom stereocenters. The van der Waals surface area contributed by atoms with Crippen molar-refractivity contribution >= 4 is 17.3 Å². The molecule has 23 heavy (non-hydrogen) atoms. The number of halogens is 1. The average molecular weight is 337 g/mol. The number of hydrogen-bond acceptors (Lipinski definition) is 5. The number of rotatable bonds is 4. The lowest BCUT2D eigenvalue weighted by Gasteiger charge is -2.30. The largest absolute Gasteiger partial charge is 0.434 e. The van der Waals surface area contributed by atoms with Gasteiger partial charge in [-0.25, -0.2) is 9.89 Å². The molecule has 1 saturated heterocycles. The molecule has 6 nitrogen and oxygen atoms in total. The Morgan fingerprint density at radius 3 is 2.78 bits per heavy atom. The van der Waals surface area contributed by atoms with Crippen molar-refractivity contribution < 1.29 is 4.42 Å². The van der Waals surface area contributed by atoms with E-state index in [-0.39, 0.29) is 5.89 Å². The van der Waals surface area contributed by atoms with Crippen molar-refractivity contribution in [1.29, 1.82) is 0 Å². The van der Waals surface area contributed by atoms with Crippen LogP contribution in [0, 0.1) is 12.8 Å². The molecule has 0 amide bonds. The van der Waals surface area contributed by atoms with Crippen molar-refractivity contribution in [3.8, 4) is 11.5 Å². The third-order valence-corrected chi connectivity index (χ3v) is 4.90. The molecule has 0 aliphatic carbocycles. The maximum atomic E-state index is 11.1. The molecule has 1 aromatic carbocycles. The molecule has 3 rings (SSSR count). The van der Waals surface area contributed by atoms with Crippen molar-refractivity contribution in [2.75, 3.05) is 18.4 Å². The van der Waals surface area contributed by atoms with Crippen LogP contribution in [-0.4, -0.2) is 29.3 Å². The average Bonchev–Trinajstić information content (AvgIpc) is 2.99. The molecule has 2 heterocycles. The van der Waals surface area contributed by atoms with E-state index in [1.807, 2.05) is 13.0 Å². The van der Waals surface area contributed by atoms with E-state index in [1.165, 1.54) is 0 Å². The van der Waals surface area contributed by atoms with E-state index in [2.05, 4.69) is 27.8 Å². The van der Waals surface area contributed by atoms with Crippen LogP contribution in [0.2, 0.25) is 5.02 Å². The predicted molar refractivity (Wildman–Crippen MR) is 91.0 cm³/mol. The minimum absolute atomic E-state index is 0.245. The first kappa shape index (κ1) is 16.1. The van der Waals surface area contributed by atoms with Gasteiger partial charge in [0.15, 0.2) is 0 Å². The minimum atomic E-state index is -0.575. The quantitative estimate of drug-likeness (QED) is 0.799. The van der Waals surface area contributed by atoms with Crippen LogP contribution in [0.1, 0.15) is 25.3 Å². The molecule has 124 valence electrons. The van der Waals surface area contributed by atoms with Crippen LogP contribution in [0.5, 0.6) is 0 Å². The summed E-state index contributed by atoms with van der Waals surface area (Å²) in [6.45, 7) is 6.30. The van der Waals surface area contributed by atoms with Crippen LogP contribution in [0.25, 0.3) is 11.5 Å². The Bertz CT molecular complexity index is 734. The van der Waals surface area contributed by atoms with Gasteiger partial charge in [-0.1, -0.05) is 11.6 Å². The van der Waals surface area contributed by atoms with Gasteiger partial charge in [-0.05, 0) is 63.4 Å². The summed E-state index contributed by atoms with van der Waals surface area (Å²) in [5, 5.41) is 13.7. The topological polar surface area (TPSA) is 83.0 Å². The van der Waals surface area contributed by atoms with Crippen molar-refractivity contribution in [2.45, 2.75) is 32.7 Å². The van der Waals surface area contributed by atoms with Gasteiger partial charge in [0.2, 0.25) is 5.89 Å². The van der Waals surface area contributed by atoms with Crippen LogP contribution < -0.4 is 16.4 Å². The first-order chi connectivity index (χ1) is 11.0. The Morgan fingerprint density at radius 2 is 2.13 bits per heavy atom. The molecular weight excluding hydrogens is 316 g/mol. The zero-order chi connectivity index (χ0) is 16.4. The minimum Gasteiger partial charge on any atom is -0.388 e. The molecule has 3 N–H and O–H groups in total. The standard InChI is InChI=1S/C16H21ClN4O2/c1-9-13(17)7-12(15-20-21-16(22)23-15)8-14(9)19-10(2)11-3-5-18-6-4-11/h7-8,10-11,18-19H,3-6H2,1-2H3,(H,21,22)/t10-/m0/s1. The van der Waals surface area contributed by atoms with Crippen molar-refractivity contribution in [3.63, 3.8) is 0 Å². The van der Waals surface area contributed by atoms with Crippen molar-refractivity contribution in [1.82, 2.24) is 15.5 Å². The van der Waals surface area contributed by atoms with Gasteiger partial charge in [-0.2, -0.15) is 0 Å². The van der Waals surface area contributed by atoms with Gasteiger partial charge in [-0.15, -0.1) is 5.10 Å². The zero-order valence-electron chi connectivity index (χ0n) is 13.3. The van der Waals surface area contributed by atoms with Gasteiger partial charge >= 0.3 is 5.76 Å². The number of H-pyrrole nitrogens is 1. The summed E-state index contributed by atoms with van der Waals surface area (Å²) in [5.74, 6) is 0.296. The molecule has 0 radical (unpaired) electrons. The summed E-state index contributed by atoms with van der Waals surface area (Å²) in [6, 6.07) is 4.03. The predicted octanol–water partition coefficient (Wildman–Crippen LogP) is 2.79. The molecule has 1 aromatic heterocycles. The van der Waals surface area contributed by atoms with Crippen molar-refractivity contribution in [2.24, 2.45) is 5.92 Å². The third kappa shape index (κ3) is 3.59. The van der Waals surface area contributed by atoms with Gasteiger partial charge in [0.25, 0.3) is 0 Å². The molecule has 0 bridgehead atoms. The van der Waals surface area contributed by atoms with Crippen LogP contribution in [0.3, 0.4) is 0 Å².